The van der Waals surface area contributed by atoms with Crippen LogP contribution >= 0.6 is 0 Å². The van der Waals surface area contributed by atoms with Crippen molar-refractivity contribution in [2.75, 3.05) is 32.8 Å². The van der Waals surface area contributed by atoms with E-state index in [4.69, 9.17) is 4.74 Å². The van der Waals surface area contributed by atoms with Crippen LogP contribution in [-0.4, -0.2) is 85.7 Å². The average Bonchev–Trinajstić information content (AvgIpc) is 3.35. The number of imide groups is 1. The molecule has 3 heterocycles. The molecule has 7 heteroatoms. The van der Waals surface area contributed by atoms with Gasteiger partial charge in [0.15, 0.2) is 0 Å². The zero-order chi connectivity index (χ0) is 27.8. The Morgan fingerprint density at radius 3 is 1.85 bits per heavy atom. The monoisotopic (exact) mass is 553 g/mol. The van der Waals surface area contributed by atoms with Gasteiger partial charge in [0.05, 0.1) is 20.0 Å². The van der Waals surface area contributed by atoms with Crippen LogP contribution in [0.1, 0.15) is 72.1 Å². The Kier molecular flexibility index (Phi) is 8.61. The molecular weight excluding hydrogens is 502 g/mol. The van der Waals surface area contributed by atoms with Gasteiger partial charge in [0.2, 0.25) is 5.91 Å². The summed E-state index contributed by atoms with van der Waals surface area (Å²) in [6.45, 7) is 16.0. The van der Waals surface area contributed by atoms with Gasteiger partial charge in [-0.05, 0) is 75.7 Å². The molecule has 2 amide bonds. The number of cyclic esters (lactones) is 1. The van der Waals surface area contributed by atoms with Crippen molar-refractivity contribution >= 4 is 25.3 Å². The number of piperidine rings is 2. The molecule has 1 aromatic carbocycles. The van der Waals surface area contributed by atoms with Crippen molar-refractivity contribution in [2.45, 2.75) is 109 Å². The van der Waals surface area contributed by atoms with E-state index in [0.29, 0.717) is 12.1 Å². The highest BCUT2D eigenvalue weighted by atomic mass is 28.3. The Bertz CT molecular complexity index is 970. The minimum Gasteiger partial charge on any atom is -0.447 e. The van der Waals surface area contributed by atoms with E-state index in [1.54, 1.807) is 4.90 Å². The number of carbonyl (C=O) groups is 2. The molecule has 3 saturated heterocycles. The third-order valence-electron chi connectivity index (χ3n) is 10.5. The third kappa shape index (κ3) is 5.87. The maximum atomic E-state index is 14.8. The fraction of sp³-hybridized carbons (Fsp3) is 0.750. The second kappa shape index (κ2) is 11.7. The van der Waals surface area contributed by atoms with Crippen LogP contribution in [0.3, 0.4) is 0 Å². The van der Waals surface area contributed by atoms with Crippen LogP contribution < -0.4 is 5.19 Å². The molecule has 2 unspecified atom stereocenters. The lowest BCUT2D eigenvalue weighted by Crippen LogP contribution is -2.64. The quantitative estimate of drug-likeness (QED) is 0.452. The molecule has 1 aliphatic carbocycles. The first-order chi connectivity index (χ1) is 18.6. The molecule has 0 spiro atoms. The SMILES string of the molecule is CC(C)(C)[C@H]1COC(=O)N1C(=O)C1[C@H](N2CCCCC2)CC([Si](C)(C)c2ccccc2)C[C@@H]1N1CCCCC1. The lowest BCUT2D eigenvalue weighted by atomic mass is 9.75. The second-order valence-electron chi connectivity index (χ2n) is 14.3. The maximum absolute atomic E-state index is 14.8. The fourth-order valence-corrected chi connectivity index (χ4v) is 11.2. The summed E-state index contributed by atoms with van der Waals surface area (Å²) in [5, 5.41) is 1.52. The van der Waals surface area contributed by atoms with Crippen LogP contribution in [0.5, 0.6) is 0 Å². The summed E-state index contributed by atoms with van der Waals surface area (Å²) in [6.07, 6.45) is 9.02. The molecule has 1 aromatic rings. The van der Waals surface area contributed by atoms with Crippen molar-refractivity contribution in [2.24, 2.45) is 11.3 Å². The van der Waals surface area contributed by atoms with Gasteiger partial charge in [-0.2, -0.15) is 0 Å². The Morgan fingerprint density at radius 2 is 1.36 bits per heavy atom. The van der Waals surface area contributed by atoms with Crippen LogP contribution in [0.15, 0.2) is 30.3 Å². The Labute approximate surface area is 237 Å². The number of rotatable bonds is 5. The predicted molar refractivity (Wildman–Crippen MR) is 160 cm³/mol. The first kappa shape index (κ1) is 28.8. The number of benzene rings is 1. The number of carbonyl (C=O) groups excluding carboxylic acids is 2. The fourth-order valence-electron chi connectivity index (χ4n) is 7.97. The van der Waals surface area contributed by atoms with Gasteiger partial charge in [0.25, 0.3) is 0 Å². The molecule has 0 radical (unpaired) electrons. The van der Waals surface area contributed by atoms with E-state index < -0.39 is 14.2 Å². The molecule has 0 N–H and O–H groups in total. The van der Waals surface area contributed by atoms with Crippen LogP contribution in [0.2, 0.25) is 18.6 Å². The predicted octanol–water partition coefficient (Wildman–Crippen LogP) is 5.48. The summed E-state index contributed by atoms with van der Waals surface area (Å²) in [7, 11) is -1.81. The number of ether oxygens (including phenoxy) is 1. The standard InChI is InChI=1S/C32H51N3O3Si/c1-32(2,3)28-23-38-31(37)35(28)30(36)29-26(33-17-11-7-12-18-33)21-25(22-27(29)34-19-13-8-14-20-34)39(4,5)24-15-9-6-10-16-24/h6,9-10,15-16,25-29H,7-8,11-14,17-23H2,1-5H3/t25?,26-,27+,28-,29?/m1/s1. The molecule has 0 aromatic heterocycles. The molecule has 0 bridgehead atoms. The minimum absolute atomic E-state index is 0.0289. The average molecular weight is 554 g/mol. The molecule has 3 aliphatic heterocycles. The zero-order valence-electron chi connectivity index (χ0n) is 25.0. The summed E-state index contributed by atoms with van der Waals surface area (Å²) in [4.78, 5) is 34.8. The summed E-state index contributed by atoms with van der Waals surface area (Å²) >= 11 is 0. The lowest BCUT2D eigenvalue weighted by Gasteiger charge is -2.54. The van der Waals surface area contributed by atoms with Gasteiger partial charge in [-0.3, -0.25) is 14.6 Å². The van der Waals surface area contributed by atoms with Gasteiger partial charge in [0.1, 0.15) is 6.61 Å². The highest BCUT2D eigenvalue weighted by Crippen LogP contribution is 2.46. The van der Waals surface area contributed by atoms with Crippen molar-refractivity contribution < 1.29 is 14.3 Å². The summed E-state index contributed by atoms with van der Waals surface area (Å²) in [6, 6.07) is 11.3. The maximum Gasteiger partial charge on any atom is 0.417 e. The van der Waals surface area contributed by atoms with Gasteiger partial charge in [-0.1, -0.05) is 82.2 Å². The van der Waals surface area contributed by atoms with Crippen molar-refractivity contribution in [3.05, 3.63) is 30.3 Å². The van der Waals surface area contributed by atoms with E-state index in [9.17, 15) is 9.59 Å². The number of hydrogen-bond donors (Lipinski definition) is 0. The van der Waals surface area contributed by atoms with E-state index >= 15 is 0 Å². The smallest absolute Gasteiger partial charge is 0.417 e. The minimum atomic E-state index is -1.81. The largest absolute Gasteiger partial charge is 0.447 e. The zero-order valence-corrected chi connectivity index (χ0v) is 26.0. The van der Waals surface area contributed by atoms with E-state index in [0.717, 1.165) is 39.0 Å². The van der Waals surface area contributed by atoms with Crippen LogP contribution in [-0.2, 0) is 9.53 Å². The second-order valence-corrected chi connectivity index (χ2v) is 19.1. The summed E-state index contributed by atoms with van der Waals surface area (Å²) in [5.74, 6) is -0.158. The van der Waals surface area contributed by atoms with Crippen molar-refractivity contribution in [1.82, 2.24) is 14.7 Å². The van der Waals surface area contributed by atoms with Gasteiger partial charge < -0.3 is 4.74 Å². The molecule has 6 nitrogen and oxygen atoms in total. The van der Waals surface area contributed by atoms with Crippen molar-refractivity contribution in [3.8, 4) is 0 Å². The molecule has 4 aliphatic rings. The highest BCUT2D eigenvalue weighted by molar-refractivity contribution is 6.91. The topological polar surface area (TPSA) is 53.1 Å². The Hall–Kier alpha value is -1.70. The van der Waals surface area contributed by atoms with E-state index in [2.05, 4.69) is 74.0 Å². The summed E-state index contributed by atoms with van der Waals surface area (Å²) in [5.41, 5.74) is 0.370. The van der Waals surface area contributed by atoms with Crippen LogP contribution in [0, 0.1) is 11.3 Å². The van der Waals surface area contributed by atoms with Gasteiger partial charge in [-0.25, -0.2) is 9.69 Å². The van der Waals surface area contributed by atoms with Gasteiger partial charge in [-0.15, -0.1) is 0 Å². The first-order valence-corrected chi connectivity index (χ1v) is 18.7. The van der Waals surface area contributed by atoms with Crippen molar-refractivity contribution in [3.63, 3.8) is 0 Å². The van der Waals surface area contributed by atoms with E-state index in [1.165, 1.54) is 43.7 Å². The molecule has 5 atom stereocenters. The number of amides is 2. The molecule has 216 valence electrons. The molecule has 5 rings (SSSR count). The number of hydrogen-bond acceptors (Lipinski definition) is 5. The molecule has 4 fully saturated rings. The lowest BCUT2D eigenvalue weighted by molar-refractivity contribution is -0.143. The third-order valence-corrected chi connectivity index (χ3v) is 14.9. The summed E-state index contributed by atoms with van der Waals surface area (Å²) < 4.78 is 5.56. The van der Waals surface area contributed by atoms with Crippen molar-refractivity contribution in [1.29, 1.82) is 0 Å². The Morgan fingerprint density at radius 1 is 0.846 bits per heavy atom. The van der Waals surface area contributed by atoms with E-state index in [-0.39, 0.29) is 35.4 Å². The van der Waals surface area contributed by atoms with Gasteiger partial charge >= 0.3 is 6.09 Å². The number of likely N-dealkylation sites (tertiary alicyclic amines) is 2. The molecule has 1 saturated carbocycles. The first-order valence-electron chi connectivity index (χ1n) is 15.6. The van der Waals surface area contributed by atoms with Gasteiger partial charge in [0, 0.05) is 12.1 Å². The highest BCUT2D eigenvalue weighted by Gasteiger charge is 2.55. The number of nitrogens with zero attached hydrogens (tertiary/aromatic N) is 3. The van der Waals surface area contributed by atoms with Crippen LogP contribution in [0.25, 0.3) is 0 Å². The Balaban J connectivity index is 1.55. The van der Waals surface area contributed by atoms with E-state index in [1.807, 2.05) is 0 Å². The normalized spacial score (nSPS) is 31.8. The molecule has 39 heavy (non-hydrogen) atoms. The molecular formula is C32H51N3O3Si. The van der Waals surface area contributed by atoms with Crippen LogP contribution in [0.4, 0.5) is 4.79 Å².